The molecule has 6 nitrogen and oxygen atoms in total. The van der Waals surface area contributed by atoms with Crippen LogP contribution in [-0.2, 0) is 6.54 Å². The van der Waals surface area contributed by atoms with Crippen LogP contribution in [0.2, 0.25) is 5.02 Å². The predicted molar refractivity (Wildman–Crippen MR) is 98.4 cm³/mol. The number of nitrogens with one attached hydrogen (secondary N) is 1. The number of benzene rings is 1. The van der Waals surface area contributed by atoms with E-state index in [1.807, 2.05) is 0 Å². The minimum atomic E-state index is -0.502. The second-order valence-corrected chi connectivity index (χ2v) is 7.02. The van der Waals surface area contributed by atoms with E-state index in [0.717, 1.165) is 16.9 Å². The van der Waals surface area contributed by atoms with Crippen LogP contribution < -0.4 is 11.0 Å². The van der Waals surface area contributed by atoms with E-state index in [1.165, 1.54) is 0 Å². The van der Waals surface area contributed by atoms with Crippen molar-refractivity contribution in [1.29, 1.82) is 0 Å². The van der Waals surface area contributed by atoms with Gasteiger partial charge in [0.15, 0.2) is 0 Å². The molecule has 0 radical (unpaired) electrons. The number of aryl methyl sites for hydroxylation is 1. The minimum absolute atomic E-state index is 0.0391. The third-order valence-corrected chi connectivity index (χ3v) is 5.05. The number of thioether (sulfide) groups is 1. The van der Waals surface area contributed by atoms with Crippen molar-refractivity contribution in [3.63, 3.8) is 0 Å². The van der Waals surface area contributed by atoms with E-state index in [-0.39, 0.29) is 16.8 Å². The van der Waals surface area contributed by atoms with Gasteiger partial charge < -0.3 is 10.1 Å². The molecule has 0 spiro atoms. The summed E-state index contributed by atoms with van der Waals surface area (Å²) in [5.41, 5.74) is -0.448. The Hall–Kier alpha value is -1.99. The van der Waals surface area contributed by atoms with Gasteiger partial charge in [0.2, 0.25) is 5.43 Å². The summed E-state index contributed by atoms with van der Waals surface area (Å²) in [5.74, 6) is 1.30. The van der Waals surface area contributed by atoms with Crippen LogP contribution in [0.3, 0.4) is 0 Å². The van der Waals surface area contributed by atoms with Crippen molar-refractivity contribution in [3.05, 3.63) is 43.8 Å². The first-order valence-corrected chi connectivity index (χ1v) is 9.09. The van der Waals surface area contributed by atoms with E-state index in [2.05, 4.69) is 17.0 Å². The molecule has 126 valence electrons. The quantitative estimate of drug-likeness (QED) is 0.536. The lowest BCUT2D eigenvalue weighted by Crippen LogP contribution is -2.28. The number of aromatic hydroxyl groups is 1. The number of aromatic nitrogens is 3. The summed E-state index contributed by atoms with van der Waals surface area (Å²) in [5, 5.41) is 14.8. The average Bonchev–Trinajstić information content (AvgIpc) is 2.55. The van der Waals surface area contributed by atoms with Gasteiger partial charge in [-0.15, -0.1) is 5.10 Å². The van der Waals surface area contributed by atoms with Crippen LogP contribution in [0.15, 0.2) is 27.8 Å². The van der Waals surface area contributed by atoms with E-state index in [9.17, 15) is 14.7 Å². The van der Waals surface area contributed by atoms with Crippen molar-refractivity contribution in [2.45, 2.75) is 19.9 Å². The van der Waals surface area contributed by atoms with Gasteiger partial charge in [0, 0.05) is 16.2 Å². The van der Waals surface area contributed by atoms with Gasteiger partial charge in [-0.1, -0.05) is 18.5 Å². The third-order valence-electron chi connectivity index (χ3n) is 3.65. The van der Waals surface area contributed by atoms with Crippen LogP contribution in [0.4, 0.5) is 0 Å². The van der Waals surface area contributed by atoms with Crippen LogP contribution in [0.1, 0.15) is 13.3 Å². The number of rotatable bonds is 5. The molecule has 3 aromatic rings. The molecule has 0 amide bonds. The number of halogens is 1. The summed E-state index contributed by atoms with van der Waals surface area (Å²) >= 11 is 7.63. The molecule has 1 aromatic carbocycles. The Balaban J connectivity index is 2.19. The Morgan fingerprint density at radius 2 is 2.12 bits per heavy atom. The molecule has 0 atom stereocenters. The molecular formula is C16H16ClN3O3S. The van der Waals surface area contributed by atoms with Gasteiger partial charge in [-0.05, 0) is 30.4 Å². The lowest BCUT2D eigenvalue weighted by molar-refractivity contribution is 0.429. The smallest absolute Gasteiger partial charge is 0.280 e. The third kappa shape index (κ3) is 3.01. The van der Waals surface area contributed by atoms with Crippen LogP contribution >= 0.6 is 23.4 Å². The molecule has 0 aliphatic heterocycles. The number of pyridine rings is 1. The Morgan fingerprint density at radius 3 is 2.88 bits per heavy atom. The number of hydrogen-bond acceptors (Lipinski definition) is 5. The first kappa shape index (κ1) is 16.9. The fourth-order valence-electron chi connectivity index (χ4n) is 2.52. The summed E-state index contributed by atoms with van der Waals surface area (Å²) in [6.07, 6.45) is 1.05. The predicted octanol–water partition coefficient (Wildman–Crippen LogP) is 2.74. The first-order valence-electron chi connectivity index (χ1n) is 7.56. The topological polar surface area (TPSA) is 88.0 Å². The molecule has 8 heteroatoms. The van der Waals surface area contributed by atoms with Gasteiger partial charge in [0.05, 0.1) is 12.1 Å². The molecule has 0 saturated heterocycles. The van der Waals surface area contributed by atoms with Crippen molar-refractivity contribution in [2.24, 2.45) is 0 Å². The van der Waals surface area contributed by atoms with Crippen molar-refractivity contribution in [1.82, 2.24) is 14.8 Å². The number of fused-ring (bicyclic) bond motifs is 2. The van der Waals surface area contributed by atoms with Crippen LogP contribution in [0.25, 0.3) is 21.8 Å². The molecule has 0 fully saturated rings. The summed E-state index contributed by atoms with van der Waals surface area (Å²) in [4.78, 5) is 28.2. The van der Waals surface area contributed by atoms with Crippen LogP contribution in [0.5, 0.6) is 5.88 Å². The number of nitrogens with zero attached hydrogens (tertiary/aromatic N) is 2. The maximum atomic E-state index is 12.7. The number of aromatic amines is 1. The minimum Gasteiger partial charge on any atom is -0.491 e. The zero-order valence-electron chi connectivity index (χ0n) is 13.0. The average molecular weight is 366 g/mol. The highest BCUT2D eigenvalue weighted by Gasteiger charge is 2.16. The lowest BCUT2D eigenvalue weighted by Gasteiger charge is -2.08. The van der Waals surface area contributed by atoms with Gasteiger partial charge in [-0.2, -0.15) is 11.8 Å². The van der Waals surface area contributed by atoms with E-state index in [4.69, 9.17) is 11.6 Å². The molecule has 0 bridgehead atoms. The second kappa shape index (κ2) is 6.86. The standard InChI is InChI=1S/C16H16ClN3O3S/c1-2-6-24-7-5-20-16(23)12-13(15(22)19-20)18-11-8-9(17)3-4-10(11)14(12)21/h3-4,8H,2,5-7H2,1H3,(H,18,21)(H,19,22). The largest absolute Gasteiger partial charge is 0.491 e. The van der Waals surface area contributed by atoms with E-state index in [0.29, 0.717) is 28.2 Å². The lowest BCUT2D eigenvalue weighted by atomic mass is 10.1. The highest BCUT2D eigenvalue weighted by atomic mass is 35.5. The van der Waals surface area contributed by atoms with Crippen molar-refractivity contribution >= 4 is 45.2 Å². The van der Waals surface area contributed by atoms with Gasteiger partial charge in [0.25, 0.3) is 11.4 Å². The summed E-state index contributed by atoms with van der Waals surface area (Å²) in [6.45, 7) is 2.42. The summed E-state index contributed by atoms with van der Waals surface area (Å²) in [7, 11) is 0. The SMILES string of the molecule is CCCSCCn1nc(O)c2[nH]c3cc(Cl)ccc3c(=O)c2c1=O. The summed E-state index contributed by atoms with van der Waals surface area (Å²) < 4.78 is 1.15. The fourth-order valence-corrected chi connectivity index (χ4v) is 3.49. The van der Waals surface area contributed by atoms with E-state index >= 15 is 0 Å². The zero-order chi connectivity index (χ0) is 17.3. The molecule has 2 aromatic heterocycles. The Labute approximate surface area is 146 Å². The van der Waals surface area contributed by atoms with Gasteiger partial charge in [-0.3, -0.25) is 9.59 Å². The molecule has 2 N–H and O–H groups in total. The Bertz CT molecular complexity index is 1030. The Morgan fingerprint density at radius 1 is 1.33 bits per heavy atom. The van der Waals surface area contributed by atoms with Crippen molar-refractivity contribution in [2.75, 3.05) is 11.5 Å². The molecule has 0 unspecified atom stereocenters. The zero-order valence-corrected chi connectivity index (χ0v) is 14.6. The van der Waals surface area contributed by atoms with Gasteiger partial charge in [-0.25, -0.2) is 4.68 Å². The molecule has 24 heavy (non-hydrogen) atoms. The normalized spacial score (nSPS) is 11.4. The van der Waals surface area contributed by atoms with Crippen molar-refractivity contribution < 1.29 is 5.11 Å². The maximum Gasteiger partial charge on any atom is 0.280 e. The molecular weight excluding hydrogens is 350 g/mol. The number of hydrogen-bond donors (Lipinski definition) is 2. The van der Waals surface area contributed by atoms with Gasteiger partial charge >= 0.3 is 0 Å². The maximum absolute atomic E-state index is 12.7. The fraction of sp³-hybridized carbons (Fsp3) is 0.312. The van der Waals surface area contributed by atoms with Crippen molar-refractivity contribution in [3.8, 4) is 5.88 Å². The Kier molecular flexibility index (Phi) is 4.82. The highest BCUT2D eigenvalue weighted by molar-refractivity contribution is 7.99. The van der Waals surface area contributed by atoms with Crippen LogP contribution in [-0.4, -0.2) is 31.4 Å². The first-order chi connectivity index (χ1) is 11.5. The molecule has 0 aliphatic carbocycles. The highest BCUT2D eigenvalue weighted by Crippen LogP contribution is 2.21. The molecule has 0 aliphatic rings. The molecule has 3 rings (SSSR count). The van der Waals surface area contributed by atoms with Gasteiger partial charge in [0.1, 0.15) is 10.9 Å². The van der Waals surface area contributed by atoms with Crippen LogP contribution in [0, 0.1) is 0 Å². The molecule has 2 heterocycles. The number of H-pyrrole nitrogens is 1. The molecule has 0 saturated carbocycles. The monoisotopic (exact) mass is 365 g/mol. The second-order valence-electron chi connectivity index (χ2n) is 5.36. The van der Waals surface area contributed by atoms with E-state index < -0.39 is 11.0 Å². The van der Waals surface area contributed by atoms with E-state index in [1.54, 1.807) is 30.0 Å². The summed E-state index contributed by atoms with van der Waals surface area (Å²) in [6, 6.07) is 4.73.